The van der Waals surface area contributed by atoms with Gasteiger partial charge < -0.3 is 23.8 Å². The number of carbonyl (C=O) groups is 1. The first kappa shape index (κ1) is 20.8. The van der Waals surface area contributed by atoms with E-state index in [0.29, 0.717) is 36.9 Å². The molecule has 2 aromatic rings. The lowest BCUT2D eigenvalue weighted by atomic mass is 10.1. The van der Waals surface area contributed by atoms with Gasteiger partial charge in [0.2, 0.25) is 0 Å². The summed E-state index contributed by atoms with van der Waals surface area (Å²) in [7, 11) is 4.87. The Morgan fingerprint density at radius 1 is 0.862 bits per heavy atom. The van der Waals surface area contributed by atoms with Gasteiger partial charge in [0.25, 0.3) is 5.91 Å². The second-order valence-electron chi connectivity index (χ2n) is 6.78. The predicted octanol–water partition coefficient (Wildman–Crippen LogP) is 2.44. The lowest BCUT2D eigenvalue weighted by Gasteiger charge is -2.35. The number of methoxy groups -OCH3 is 3. The van der Waals surface area contributed by atoms with Crippen molar-refractivity contribution in [3.8, 4) is 23.0 Å². The minimum absolute atomic E-state index is 0.0113. The van der Waals surface area contributed by atoms with Gasteiger partial charge in [-0.2, -0.15) is 0 Å². The Hall–Kier alpha value is -2.93. The molecule has 1 fully saturated rings. The van der Waals surface area contributed by atoms with Crippen LogP contribution in [-0.4, -0.2) is 69.8 Å². The lowest BCUT2D eigenvalue weighted by Crippen LogP contribution is -2.49. The molecule has 0 aliphatic carbocycles. The first-order valence-corrected chi connectivity index (χ1v) is 9.61. The van der Waals surface area contributed by atoms with Gasteiger partial charge in [-0.05, 0) is 18.2 Å². The van der Waals surface area contributed by atoms with E-state index in [4.69, 9.17) is 18.9 Å². The Kier molecular flexibility index (Phi) is 7.19. The number of benzene rings is 2. The van der Waals surface area contributed by atoms with Gasteiger partial charge in [-0.15, -0.1) is 0 Å². The van der Waals surface area contributed by atoms with Crippen LogP contribution in [0.15, 0.2) is 42.5 Å². The number of para-hydroxylation sites is 1. The van der Waals surface area contributed by atoms with E-state index in [1.165, 1.54) is 0 Å². The molecule has 0 saturated carbocycles. The van der Waals surface area contributed by atoms with Crippen LogP contribution in [-0.2, 0) is 11.3 Å². The first-order valence-electron chi connectivity index (χ1n) is 9.61. The van der Waals surface area contributed by atoms with Gasteiger partial charge in [-0.1, -0.05) is 18.2 Å². The van der Waals surface area contributed by atoms with Crippen LogP contribution in [0.25, 0.3) is 0 Å². The van der Waals surface area contributed by atoms with Crippen LogP contribution in [0.5, 0.6) is 23.0 Å². The van der Waals surface area contributed by atoms with Crippen molar-refractivity contribution in [1.82, 2.24) is 9.80 Å². The molecule has 0 unspecified atom stereocenters. The van der Waals surface area contributed by atoms with Gasteiger partial charge in [0.1, 0.15) is 11.5 Å². The predicted molar refractivity (Wildman–Crippen MR) is 110 cm³/mol. The summed E-state index contributed by atoms with van der Waals surface area (Å²) in [6.45, 7) is 3.70. The minimum Gasteiger partial charge on any atom is -0.496 e. The number of piperazine rings is 1. The summed E-state index contributed by atoms with van der Waals surface area (Å²) >= 11 is 0. The fourth-order valence-corrected chi connectivity index (χ4v) is 3.37. The SMILES string of the molecule is COc1cc(OC)c(OC)cc1CN1CCN(C(=O)COc2ccccc2)CC1. The highest BCUT2D eigenvalue weighted by atomic mass is 16.5. The average Bonchev–Trinajstić information content (AvgIpc) is 2.78. The molecule has 1 aliphatic heterocycles. The molecule has 0 atom stereocenters. The van der Waals surface area contributed by atoms with E-state index in [1.54, 1.807) is 21.3 Å². The molecule has 0 N–H and O–H groups in total. The molecule has 1 saturated heterocycles. The molecule has 1 amide bonds. The monoisotopic (exact) mass is 400 g/mol. The first-order chi connectivity index (χ1) is 14.1. The largest absolute Gasteiger partial charge is 0.496 e. The Balaban J connectivity index is 1.54. The van der Waals surface area contributed by atoms with Crippen LogP contribution in [0.1, 0.15) is 5.56 Å². The molecule has 0 aromatic heterocycles. The van der Waals surface area contributed by atoms with E-state index < -0.39 is 0 Å². The molecule has 7 heteroatoms. The molecule has 156 valence electrons. The summed E-state index contributed by atoms with van der Waals surface area (Å²) in [5.74, 6) is 2.80. The molecule has 2 aromatic carbocycles. The number of hydrogen-bond donors (Lipinski definition) is 0. The maximum absolute atomic E-state index is 12.4. The summed E-state index contributed by atoms with van der Waals surface area (Å²) in [4.78, 5) is 16.6. The zero-order valence-electron chi connectivity index (χ0n) is 17.2. The number of ether oxygens (including phenoxy) is 4. The number of nitrogens with zero attached hydrogens (tertiary/aromatic N) is 2. The summed E-state index contributed by atoms with van der Waals surface area (Å²) in [6.07, 6.45) is 0. The van der Waals surface area contributed by atoms with Crippen LogP contribution < -0.4 is 18.9 Å². The quantitative estimate of drug-likeness (QED) is 0.678. The van der Waals surface area contributed by atoms with Crippen LogP contribution >= 0.6 is 0 Å². The van der Waals surface area contributed by atoms with Crippen molar-refractivity contribution in [2.75, 3.05) is 54.1 Å². The van der Waals surface area contributed by atoms with Gasteiger partial charge in [-0.3, -0.25) is 9.69 Å². The maximum Gasteiger partial charge on any atom is 0.260 e. The van der Waals surface area contributed by atoms with Crippen molar-refractivity contribution in [2.24, 2.45) is 0 Å². The van der Waals surface area contributed by atoms with Gasteiger partial charge in [0, 0.05) is 44.4 Å². The Morgan fingerprint density at radius 3 is 2.10 bits per heavy atom. The molecule has 0 bridgehead atoms. The number of amides is 1. The van der Waals surface area contributed by atoms with Gasteiger partial charge in [-0.25, -0.2) is 0 Å². The van der Waals surface area contributed by atoms with Gasteiger partial charge >= 0.3 is 0 Å². The van der Waals surface area contributed by atoms with Crippen molar-refractivity contribution in [3.05, 3.63) is 48.0 Å². The van der Waals surface area contributed by atoms with Crippen LogP contribution in [0, 0.1) is 0 Å². The summed E-state index contributed by atoms with van der Waals surface area (Å²) in [5.41, 5.74) is 1.03. The minimum atomic E-state index is 0.0113. The van der Waals surface area contributed by atoms with E-state index in [9.17, 15) is 4.79 Å². The zero-order chi connectivity index (χ0) is 20.6. The van der Waals surface area contributed by atoms with Crippen molar-refractivity contribution in [3.63, 3.8) is 0 Å². The summed E-state index contributed by atoms with van der Waals surface area (Å²) in [5, 5.41) is 0. The van der Waals surface area contributed by atoms with E-state index in [-0.39, 0.29) is 12.5 Å². The summed E-state index contributed by atoms with van der Waals surface area (Å²) < 4.78 is 21.8. The van der Waals surface area contributed by atoms with E-state index >= 15 is 0 Å². The van der Waals surface area contributed by atoms with Crippen molar-refractivity contribution in [2.45, 2.75) is 6.54 Å². The highest BCUT2D eigenvalue weighted by molar-refractivity contribution is 5.77. The van der Waals surface area contributed by atoms with Crippen LogP contribution in [0.3, 0.4) is 0 Å². The van der Waals surface area contributed by atoms with Crippen molar-refractivity contribution >= 4 is 5.91 Å². The number of rotatable bonds is 8. The molecule has 29 heavy (non-hydrogen) atoms. The Morgan fingerprint density at radius 2 is 1.48 bits per heavy atom. The van der Waals surface area contributed by atoms with Gasteiger partial charge in [0.15, 0.2) is 18.1 Å². The fraction of sp³-hybridized carbons (Fsp3) is 0.409. The molecule has 7 nitrogen and oxygen atoms in total. The lowest BCUT2D eigenvalue weighted by molar-refractivity contribution is -0.135. The topological polar surface area (TPSA) is 60.5 Å². The molecule has 1 heterocycles. The molecule has 1 aliphatic rings. The number of carbonyl (C=O) groups excluding carboxylic acids is 1. The normalized spacial score (nSPS) is 14.4. The summed E-state index contributed by atoms with van der Waals surface area (Å²) in [6, 6.07) is 13.2. The third kappa shape index (κ3) is 5.32. The fourth-order valence-electron chi connectivity index (χ4n) is 3.37. The van der Waals surface area contributed by atoms with E-state index in [0.717, 1.165) is 24.4 Å². The standard InChI is InChI=1S/C22H28N2O5/c1-26-19-14-21(28-3)20(27-2)13-17(19)15-23-9-11-24(12-10-23)22(25)16-29-18-7-5-4-6-8-18/h4-8,13-14H,9-12,15-16H2,1-3H3. The maximum atomic E-state index is 12.4. The highest BCUT2D eigenvalue weighted by Gasteiger charge is 2.23. The van der Waals surface area contributed by atoms with Crippen molar-refractivity contribution < 1.29 is 23.7 Å². The zero-order valence-corrected chi connectivity index (χ0v) is 17.2. The molecular weight excluding hydrogens is 372 g/mol. The molecule has 3 rings (SSSR count). The van der Waals surface area contributed by atoms with E-state index in [2.05, 4.69) is 4.90 Å². The number of hydrogen-bond acceptors (Lipinski definition) is 6. The molecule has 0 spiro atoms. The third-order valence-electron chi connectivity index (χ3n) is 5.01. The Labute approximate surface area is 171 Å². The second kappa shape index (κ2) is 10.0. The van der Waals surface area contributed by atoms with Crippen LogP contribution in [0.2, 0.25) is 0 Å². The third-order valence-corrected chi connectivity index (χ3v) is 5.01. The Bertz CT molecular complexity index is 804. The van der Waals surface area contributed by atoms with Crippen LogP contribution in [0.4, 0.5) is 0 Å². The average molecular weight is 400 g/mol. The van der Waals surface area contributed by atoms with E-state index in [1.807, 2.05) is 47.4 Å². The van der Waals surface area contributed by atoms with Crippen molar-refractivity contribution in [1.29, 1.82) is 0 Å². The smallest absolute Gasteiger partial charge is 0.260 e. The van der Waals surface area contributed by atoms with Gasteiger partial charge in [0.05, 0.1) is 21.3 Å². The molecule has 0 radical (unpaired) electrons. The molecular formula is C22H28N2O5. The second-order valence-corrected chi connectivity index (χ2v) is 6.78. The highest BCUT2D eigenvalue weighted by Crippen LogP contribution is 2.35.